The summed E-state index contributed by atoms with van der Waals surface area (Å²) in [5.41, 5.74) is 6.44. The second-order valence-electron chi connectivity index (χ2n) is 6.45. The minimum Gasteiger partial charge on any atom is -0.354 e. The monoisotopic (exact) mass is 262 g/mol. The van der Waals surface area contributed by atoms with E-state index in [2.05, 4.69) is 41.6 Å². The van der Waals surface area contributed by atoms with Crippen LogP contribution in [0.3, 0.4) is 0 Å². The van der Waals surface area contributed by atoms with E-state index in [1.807, 2.05) is 18.3 Å². The molecule has 0 radical (unpaired) electrons. The number of rotatable bonds is 3. The Morgan fingerprint density at radius 1 is 1.21 bits per heavy atom. The van der Waals surface area contributed by atoms with E-state index in [9.17, 15) is 0 Å². The zero-order valence-corrected chi connectivity index (χ0v) is 12.3. The van der Waals surface area contributed by atoms with Crippen LogP contribution in [0.5, 0.6) is 0 Å². The predicted molar refractivity (Wildman–Crippen MR) is 80.3 cm³/mol. The maximum Gasteiger partial charge on any atom is 0.128 e. The molecule has 19 heavy (non-hydrogen) atoms. The van der Waals surface area contributed by atoms with E-state index in [1.165, 1.54) is 0 Å². The molecule has 2 heterocycles. The lowest BCUT2D eigenvalue weighted by Crippen LogP contribution is -2.52. The fraction of sp³-hybridized carbons (Fsp3) is 0.667. The molecular weight excluding hydrogens is 236 g/mol. The van der Waals surface area contributed by atoms with Crippen molar-refractivity contribution in [3.8, 4) is 0 Å². The summed E-state index contributed by atoms with van der Waals surface area (Å²) in [5, 5.41) is 0. The highest BCUT2D eigenvalue weighted by molar-refractivity contribution is 5.38. The molecule has 1 aliphatic rings. The minimum absolute atomic E-state index is 0.179. The number of aromatic nitrogens is 1. The Bertz CT molecular complexity index is 377. The number of nitrogens with zero attached hydrogens (tertiary/aromatic N) is 3. The molecule has 2 N–H and O–H groups in total. The molecule has 1 fully saturated rings. The first kappa shape index (κ1) is 14.3. The first-order chi connectivity index (χ1) is 8.97. The van der Waals surface area contributed by atoms with E-state index >= 15 is 0 Å². The van der Waals surface area contributed by atoms with Crippen molar-refractivity contribution in [3.63, 3.8) is 0 Å². The van der Waals surface area contributed by atoms with Crippen molar-refractivity contribution in [2.24, 2.45) is 11.1 Å². The van der Waals surface area contributed by atoms with Crippen LogP contribution in [-0.4, -0.2) is 48.6 Å². The van der Waals surface area contributed by atoms with Crippen LogP contribution in [0.25, 0.3) is 0 Å². The highest BCUT2D eigenvalue weighted by Gasteiger charge is 2.25. The van der Waals surface area contributed by atoms with Crippen molar-refractivity contribution in [2.75, 3.05) is 37.6 Å². The van der Waals surface area contributed by atoms with Gasteiger partial charge in [-0.25, -0.2) is 4.98 Å². The van der Waals surface area contributed by atoms with Gasteiger partial charge in [-0.3, -0.25) is 4.90 Å². The van der Waals surface area contributed by atoms with E-state index in [0.717, 1.165) is 38.5 Å². The molecular formula is C15H26N4. The highest BCUT2D eigenvalue weighted by atomic mass is 15.3. The molecule has 0 spiro atoms. The van der Waals surface area contributed by atoms with Crippen LogP contribution in [0.1, 0.15) is 20.8 Å². The fourth-order valence-electron chi connectivity index (χ4n) is 2.25. The van der Waals surface area contributed by atoms with Gasteiger partial charge >= 0.3 is 0 Å². The minimum atomic E-state index is 0.179. The van der Waals surface area contributed by atoms with E-state index in [1.54, 1.807) is 0 Å². The first-order valence-electron chi connectivity index (χ1n) is 7.11. The van der Waals surface area contributed by atoms with Gasteiger partial charge in [0.05, 0.1) is 0 Å². The lowest BCUT2D eigenvalue weighted by Gasteiger charge is -2.38. The molecule has 2 rings (SSSR count). The molecule has 0 aromatic carbocycles. The molecule has 1 saturated heterocycles. The normalized spacial score (nSPS) is 19.5. The van der Waals surface area contributed by atoms with Crippen LogP contribution < -0.4 is 10.6 Å². The van der Waals surface area contributed by atoms with Crippen LogP contribution in [0.4, 0.5) is 5.82 Å². The standard InChI is InChI=1S/C15H26N4/c1-15(2,3)13(16)12-18-8-10-19(11-9-18)14-6-4-5-7-17-14/h4-7,13H,8-12,16H2,1-3H3. The topological polar surface area (TPSA) is 45.4 Å². The third kappa shape index (κ3) is 3.91. The maximum absolute atomic E-state index is 6.26. The summed E-state index contributed by atoms with van der Waals surface area (Å²) >= 11 is 0. The molecule has 0 amide bonds. The van der Waals surface area contributed by atoms with Gasteiger partial charge < -0.3 is 10.6 Å². The summed E-state index contributed by atoms with van der Waals surface area (Å²) in [6.45, 7) is 11.8. The van der Waals surface area contributed by atoms with Crippen molar-refractivity contribution < 1.29 is 0 Å². The van der Waals surface area contributed by atoms with Gasteiger partial charge in [-0.05, 0) is 17.5 Å². The van der Waals surface area contributed by atoms with Gasteiger partial charge in [0.15, 0.2) is 0 Å². The van der Waals surface area contributed by atoms with Crippen LogP contribution in [0.2, 0.25) is 0 Å². The molecule has 1 aliphatic heterocycles. The Kier molecular flexibility index (Phi) is 4.42. The SMILES string of the molecule is CC(C)(C)C(N)CN1CCN(c2ccccn2)CC1. The molecule has 0 aliphatic carbocycles. The first-order valence-corrected chi connectivity index (χ1v) is 7.11. The summed E-state index contributed by atoms with van der Waals surface area (Å²) in [7, 11) is 0. The largest absolute Gasteiger partial charge is 0.354 e. The number of hydrogen-bond donors (Lipinski definition) is 1. The van der Waals surface area contributed by atoms with Crippen LogP contribution in [-0.2, 0) is 0 Å². The molecule has 4 nitrogen and oxygen atoms in total. The van der Waals surface area contributed by atoms with Crippen molar-refractivity contribution in [1.29, 1.82) is 0 Å². The Balaban J connectivity index is 1.83. The maximum atomic E-state index is 6.26. The highest BCUT2D eigenvalue weighted by Crippen LogP contribution is 2.19. The third-order valence-corrected chi connectivity index (χ3v) is 3.91. The van der Waals surface area contributed by atoms with E-state index < -0.39 is 0 Å². The average Bonchev–Trinajstić information content (AvgIpc) is 2.39. The molecule has 106 valence electrons. The molecule has 0 bridgehead atoms. The smallest absolute Gasteiger partial charge is 0.128 e. The van der Waals surface area contributed by atoms with Crippen LogP contribution in [0.15, 0.2) is 24.4 Å². The number of pyridine rings is 1. The third-order valence-electron chi connectivity index (χ3n) is 3.91. The zero-order valence-electron chi connectivity index (χ0n) is 12.3. The number of piperazine rings is 1. The zero-order chi connectivity index (χ0) is 13.9. The van der Waals surface area contributed by atoms with Gasteiger partial charge in [-0.2, -0.15) is 0 Å². The average molecular weight is 262 g/mol. The molecule has 1 aromatic heterocycles. The Morgan fingerprint density at radius 3 is 2.42 bits per heavy atom. The molecule has 1 unspecified atom stereocenters. The van der Waals surface area contributed by atoms with Crippen LogP contribution in [0, 0.1) is 5.41 Å². The Hall–Kier alpha value is -1.13. The number of nitrogens with two attached hydrogens (primary N) is 1. The molecule has 4 heteroatoms. The Labute approximate surface area is 116 Å². The fourth-order valence-corrected chi connectivity index (χ4v) is 2.25. The van der Waals surface area contributed by atoms with Crippen molar-refractivity contribution in [1.82, 2.24) is 9.88 Å². The Morgan fingerprint density at radius 2 is 1.89 bits per heavy atom. The molecule has 0 saturated carbocycles. The van der Waals surface area contributed by atoms with Gasteiger partial charge in [0.25, 0.3) is 0 Å². The summed E-state index contributed by atoms with van der Waals surface area (Å²) in [6.07, 6.45) is 1.86. The second-order valence-corrected chi connectivity index (χ2v) is 6.45. The van der Waals surface area contributed by atoms with E-state index in [0.29, 0.717) is 0 Å². The predicted octanol–water partition coefficient (Wildman–Crippen LogP) is 1.58. The number of anilines is 1. The van der Waals surface area contributed by atoms with E-state index in [4.69, 9.17) is 5.73 Å². The van der Waals surface area contributed by atoms with Gasteiger partial charge in [-0.1, -0.05) is 26.8 Å². The summed E-state index contributed by atoms with van der Waals surface area (Å²) in [5.74, 6) is 1.09. The molecule has 1 atom stereocenters. The van der Waals surface area contributed by atoms with Crippen molar-refractivity contribution in [3.05, 3.63) is 24.4 Å². The van der Waals surface area contributed by atoms with Gasteiger partial charge in [0, 0.05) is 45.0 Å². The van der Waals surface area contributed by atoms with Crippen molar-refractivity contribution >= 4 is 5.82 Å². The van der Waals surface area contributed by atoms with Gasteiger partial charge in [0.2, 0.25) is 0 Å². The van der Waals surface area contributed by atoms with Gasteiger partial charge in [0.1, 0.15) is 5.82 Å². The number of hydrogen-bond acceptors (Lipinski definition) is 4. The van der Waals surface area contributed by atoms with Crippen molar-refractivity contribution in [2.45, 2.75) is 26.8 Å². The summed E-state index contributed by atoms with van der Waals surface area (Å²) in [6, 6.07) is 6.32. The van der Waals surface area contributed by atoms with Crippen LogP contribution >= 0.6 is 0 Å². The molecule has 1 aromatic rings. The quantitative estimate of drug-likeness (QED) is 0.898. The lowest BCUT2D eigenvalue weighted by molar-refractivity contribution is 0.190. The van der Waals surface area contributed by atoms with Gasteiger partial charge in [-0.15, -0.1) is 0 Å². The second kappa shape index (κ2) is 5.88. The summed E-state index contributed by atoms with van der Waals surface area (Å²) in [4.78, 5) is 9.22. The lowest BCUT2D eigenvalue weighted by atomic mass is 9.87. The van der Waals surface area contributed by atoms with E-state index in [-0.39, 0.29) is 11.5 Å². The summed E-state index contributed by atoms with van der Waals surface area (Å²) < 4.78 is 0.